The summed E-state index contributed by atoms with van der Waals surface area (Å²) in [5.74, 6) is 1.08. The second-order valence-electron chi connectivity index (χ2n) is 4.46. The molecule has 1 atom stereocenters. The van der Waals surface area contributed by atoms with Crippen molar-refractivity contribution in [2.45, 2.75) is 19.3 Å². The molecule has 0 bridgehead atoms. The first-order chi connectivity index (χ1) is 9.19. The van der Waals surface area contributed by atoms with Crippen LogP contribution in [-0.4, -0.2) is 33.3 Å². The fraction of sp³-hybridized carbons (Fsp3) is 0.462. The van der Waals surface area contributed by atoms with E-state index in [4.69, 9.17) is 11.6 Å². The maximum atomic E-state index is 5.93. The highest BCUT2D eigenvalue weighted by Gasteiger charge is 2.15. The highest BCUT2D eigenvalue weighted by molar-refractivity contribution is 6.30. The highest BCUT2D eigenvalue weighted by atomic mass is 35.5. The van der Waals surface area contributed by atoms with E-state index in [0.29, 0.717) is 5.92 Å². The molecule has 0 radical (unpaired) electrons. The minimum absolute atomic E-state index is 0.321. The van der Waals surface area contributed by atoms with Gasteiger partial charge in [-0.3, -0.25) is 0 Å². The van der Waals surface area contributed by atoms with E-state index in [1.807, 2.05) is 12.1 Å². The van der Waals surface area contributed by atoms with E-state index < -0.39 is 0 Å². The van der Waals surface area contributed by atoms with Crippen LogP contribution in [0.4, 0.5) is 0 Å². The zero-order valence-electron chi connectivity index (χ0n) is 11.2. The number of benzene rings is 1. The molecule has 0 amide bonds. The molecule has 0 aliphatic carbocycles. The standard InChI is InChI=1S/C13H18ClN5/c1-3-15-9-11(8-13-16-18-19(2)17-13)10-4-6-12(14)7-5-10/h4-7,11,15H,3,8-9H2,1-2H3. The molecule has 1 aromatic heterocycles. The smallest absolute Gasteiger partial charge is 0.175 e. The highest BCUT2D eigenvalue weighted by Crippen LogP contribution is 2.20. The van der Waals surface area contributed by atoms with Crippen molar-refractivity contribution in [2.75, 3.05) is 13.1 Å². The van der Waals surface area contributed by atoms with Crippen LogP contribution in [0.15, 0.2) is 24.3 Å². The molecule has 1 unspecified atom stereocenters. The third kappa shape index (κ3) is 4.01. The van der Waals surface area contributed by atoms with E-state index in [2.05, 4.69) is 39.8 Å². The van der Waals surface area contributed by atoms with E-state index in [0.717, 1.165) is 30.4 Å². The van der Waals surface area contributed by atoms with Gasteiger partial charge in [0.05, 0.1) is 7.05 Å². The van der Waals surface area contributed by atoms with Crippen LogP contribution in [-0.2, 0) is 13.5 Å². The van der Waals surface area contributed by atoms with Crippen LogP contribution in [0, 0.1) is 0 Å². The summed E-state index contributed by atoms with van der Waals surface area (Å²) in [6, 6.07) is 7.95. The van der Waals surface area contributed by atoms with Crippen LogP contribution in [0.25, 0.3) is 0 Å². The second kappa shape index (κ2) is 6.63. The van der Waals surface area contributed by atoms with Gasteiger partial charge in [-0.05, 0) is 29.5 Å². The normalized spacial score (nSPS) is 12.6. The van der Waals surface area contributed by atoms with Gasteiger partial charge in [0.1, 0.15) is 0 Å². The Labute approximate surface area is 118 Å². The first-order valence-electron chi connectivity index (χ1n) is 6.38. The van der Waals surface area contributed by atoms with Crippen molar-refractivity contribution in [1.82, 2.24) is 25.5 Å². The zero-order valence-corrected chi connectivity index (χ0v) is 11.9. The molecular formula is C13H18ClN5. The molecule has 0 spiro atoms. The summed E-state index contributed by atoms with van der Waals surface area (Å²) in [7, 11) is 1.78. The third-order valence-electron chi connectivity index (χ3n) is 2.96. The lowest BCUT2D eigenvalue weighted by molar-refractivity contribution is 0.578. The number of halogens is 1. The van der Waals surface area contributed by atoms with Gasteiger partial charge in [0, 0.05) is 23.9 Å². The molecule has 0 saturated carbocycles. The van der Waals surface area contributed by atoms with Crippen molar-refractivity contribution in [1.29, 1.82) is 0 Å². The number of nitrogens with zero attached hydrogens (tertiary/aromatic N) is 4. The average molecular weight is 280 g/mol. The maximum absolute atomic E-state index is 5.93. The number of likely N-dealkylation sites (N-methyl/N-ethyl adjacent to an activating group) is 1. The predicted octanol–water partition coefficient (Wildman–Crippen LogP) is 1.80. The minimum atomic E-state index is 0.321. The summed E-state index contributed by atoms with van der Waals surface area (Å²) >= 11 is 5.93. The Kier molecular flexibility index (Phi) is 4.87. The van der Waals surface area contributed by atoms with Crippen molar-refractivity contribution in [3.8, 4) is 0 Å². The number of tetrazole rings is 1. The predicted molar refractivity (Wildman–Crippen MR) is 75.2 cm³/mol. The van der Waals surface area contributed by atoms with Gasteiger partial charge in [0.2, 0.25) is 0 Å². The topological polar surface area (TPSA) is 55.6 Å². The summed E-state index contributed by atoms with van der Waals surface area (Å²) in [6.45, 7) is 3.92. The first kappa shape index (κ1) is 14.0. The molecular weight excluding hydrogens is 262 g/mol. The molecule has 2 aromatic rings. The van der Waals surface area contributed by atoms with E-state index >= 15 is 0 Å². The molecule has 0 aliphatic rings. The Bertz CT molecular complexity index is 508. The Balaban J connectivity index is 2.13. The number of hydrogen-bond donors (Lipinski definition) is 1. The largest absolute Gasteiger partial charge is 0.316 e. The molecule has 0 aliphatic heterocycles. The minimum Gasteiger partial charge on any atom is -0.316 e. The molecule has 1 aromatic carbocycles. The van der Waals surface area contributed by atoms with Gasteiger partial charge in [-0.1, -0.05) is 30.7 Å². The van der Waals surface area contributed by atoms with Crippen LogP contribution in [0.5, 0.6) is 0 Å². The van der Waals surface area contributed by atoms with Crippen LogP contribution in [0.1, 0.15) is 24.2 Å². The number of nitrogens with one attached hydrogen (secondary N) is 1. The summed E-state index contributed by atoms with van der Waals surface area (Å²) < 4.78 is 0. The van der Waals surface area contributed by atoms with Gasteiger partial charge in [-0.25, -0.2) is 0 Å². The molecule has 0 fully saturated rings. The van der Waals surface area contributed by atoms with Crippen LogP contribution in [0.3, 0.4) is 0 Å². The number of hydrogen-bond acceptors (Lipinski definition) is 4. The number of rotatable bonds is 6. The van der Waals surface area contributed by atoms with E-state index in [-0.39, 0.29) is 0 Å². The van der Waals surface area contributed by atoms with Gasteiger partial charge >= 0.3 is 0 Å². The average Bonchev–Trinajstić information content (AvgIpc) is 2.81. The second-order valence-corrected chi connectivity index (χ2v) is 4.89. The van der Waals surface area contributed by atoms with Gasteiger partial charge in [0.25, 0.3) is 0 Å². The lowest BCUT2D eigenvalue weighted by Crippen LogP contribution is -2.23. The van der Waals surface area contributed by atoms with E-state index in [9.17, 15) is 0 Å². The van der Waals surface area contributed by atoms with E-state index in [1.165, 1.54) is 10.4 Å². The lowest BCUT2D eigenvalue weighted by Gasteiger charge is -2.16. The number of aromatic nitrogens is 4. The van der Waals surface area contributed by atoms with Crippen LogP contribution >= 0.6 is 11.6 Å². The molecule has 1 N–H and O–H groups in total. The van der Waals surface area contributed by atoms with Gasteiger partial charge in [-0.15, -0.1) is 10.2 Å². The summed E-state index contributed by atoms with van der Waals surface area (Å²) in [5.41, 5.74) is 1.23. The third-order valence-corrected chi connectivity index (χ3v) is 3.21. The van der Waals surface area contributed by atoms with Crippen molar-refractivity contribution in [3.05, 3.63) is 40.7 Å². The van der Waals surface area contributed by atoms with Crippen LogP contribution in [0.2, 0.25) is 5.02 Å². The number of aryl methyl sites for hydroxylation is 1. The molecule has 0 saturated heterocycles. The molecule has 2 rings (SSSR count). The van der Waals surface area contributed by atoms with Crippen molar-refractivity contribution in [2.24, 2.45) is 7.05 Å². The van der Waals surface area contributed by atoms with Gasteiger partial charge in [-0.2, -0.15) is 4.80 Å². The van der Waals surface area contributed by atoms with Crippen molar-refractivity contribution >= 4 is 11.6 Å². The molecule has 102 valence electrons. The quantitative estimate of drug-likeness (QED) is 0.876. The zero-order chi connectivity index (χ0) is 13.7. The Morgan fingerprint density at radius 2 is 2.05 bits per heavy atom. The molecule has 1 heterocycles. The van der Waals surface area contributed by atoms with E-state index in [1.54, 1.807) is 7.05 Å². The summed E-state index contributed by atoms with van der Waals surface area (Å²) in [6.07, 6.45) is 0.766. The summed E-state index contributed by atoms with van der Waals surface area (Å²) in [5, 5.41) is 16.3. The van der Waals surface area contributed by atoms with Crippen molar-refractivity contribution < 1.29 is 0 Å². The van der Waals surface area contributed by atoms with Crippen LogP contribution < -0.4 is 5.32 Å². The lowest BCUT2D eigenvalue weighted by atomic mass is 9.95. The summed E-state index contributed by atoms with van der Waals surface area (Å²) in [4.78, 5) is 1.49. The maximum Gasteiger partial charge on any atom is 0.175 e. The van der Waals surface area contributed by atoms with Crippen molar-refractivity contribution in [3.63, 3.8) is 0 Å². The fourth-order valence-corrected chi connectivity index (χ4v) is 2.11. The Morgan fingerprint density at radius 1 is 1.32 bits per heavy atom. The molecule has 19 heavy (non-hydrogen) atoms. The molecule has 6 heteroatoms. The molecule has 5 nitrogen and oxygen atoms in total. The fourth-order valence-electron chi connectivity index (χ4n) is 1.99. The Morgan fingerprint density at radius 3 is 2.63 bits per heavy atom. The monoisotopic (exact) mass is 279 g/mol. The Hall–Kier alpha value is -1.46. The van der Waals surface area contributed by atoms with Gasteiger partial charge in [0.15, 0.2) is 5.82 Å². The van der Waals surface area contributed by atoms with Gasteiger partial charge < -0.3 is 5.32 Å². The first-order valence-corrected chi connectivity index (χ1v) is 6.76. The SMILES string of the molecule is CCNCC(Cc1nnn(C)n1)c1ccc(Cl)cc1.